The zero-order chi connectivity index (χ0) is 10.8. The van der Waals surface area contributed by atoms with Crippen LogP contribution in [0.1, 0.15) is 52.4 Å². The van der Waals surface area contributed by atoms with Crippen molar-refractivity contribution in [3.05, 3.63) is 0 Å². The topological polar surface area (TPSA) is 46.5 Å². The monoisotopic (exact) mass is 202 g/mol. The molecule has 0 saturated heterocycles. The first-order valence-electron chi connectivity index (χ1n) is 5.48. The summed E-state index contributed by atoms with van der Waals surface area (Å²) in [5.41, 5.74) is 0. The Labute approximate surface area is 86.5 Å². The molecule has 0 spiro atoms. The molecule has 14 heavy (non-hydrogen) atoms. The number of hydrogen-bond acceptors (Lipinski definition) is 3. The van der Waals surface area contributed by atoms with E-state index in [0.717, 1.165) is 38.5 Å². The van der Waals surface area contributed by atoms with Crippen LogP contribution in [0.2, 0.25) is 0 Å². The quantitative estimate of drug-likeness (QED) is 0.485. The summed E-state index contributed by atoms with van der Waals surface area (Å²) in [6.07, 6.45) is 5.78. The Kier molecular flexibility index (Phi) is 8.64. The van der Waals surface area contributed by atoms with Gasteiger partial charge < -0.3 is 9.84 Å². The molecule has 0 aliphatic carbocycles. The van der Waals surface area contributed by atoms with E-state index in [4.69, 9.17) is 4.74 Å². The largest absolute Gasteiger partial charge is 0.466 e. The Bertz CT molecular complexity index is 145. The first-order valence-corrected chi connectivity index (χ1v) is 5.48. The molecule has 0 aromatic rings. The van der Waals surface area contributed by atoms with Crippen molar-refractivity contribution in [2.75, 3.05) is 6.61 Å². The minimum atomic E-state index is -0.202. The summed E-state index contributed by atoms with van der Waals surface area (Å²) in [6, 6.07) is 0. The van der Waals surface area contributed by atoms with E-state index in [1.165, 1.54) is 6.92 Å². The highest BCUT2D eigenvalue weighted by Crippen LogP contribution is 2.07. The van der Waals surface area contributed by atoms with Crippen LogP contribution >= 0.6 is 0 Å². The normalized spacial score (nSPS) is 12.5. The summed E-state index contributed by atoms with van der Waals surface area (Å²) >= 11 is 0. The predicted molar refractivity (Wildman–Crippen MR) is 56.0 cm³/mol. The van der Waals surface area contributed by atoms with Crippen LogP contribution in [0.4, 0.5) is 0 Å². The molecule has 0 aliphatic heterocycles. The van der Waals surface area contributed by atoms with Crippen LogP contribution in [0.5, 0.6) is 0 Å². The number of aliphatic hydroxyl groups is 1. The fourth-order valence-electron chi connectivity index (χ4n) is 1.26. The molecule has 1 N–H and O–H groups in total. The molecule has 0 bridgehead atoms. The van der Waals surface area contributed by atoms with Gasteiger partial charge in [-0.15, -0.1) is 0 Å². The molecule has 0 amide bonds. The molecule has 0 aromatic heterocycles. The summed E-state index contributed by atoms with van der Waals surface area (Å²) in [7, 11) is 0. The molecule has 0 aromatic carbocycles. The van der Waals surface area contributed by atoms with Gasteiger partial charge >= 0.3 is 5.97 Å². The van der Waals surface area contributed by atoms with E-state index < -0.39 is 0 Å². The van der Waals surface area contributed by atoms with Gasteiger partial charge in [-0.2, -0.15) is 0 Å². The van der Waals surface area contributed by atoms with Crippen molar-refractivity contribution < 1.29 is 14.6 Å². The van der Waals surface area contributed by atoms with Crippen LogP contribution in [-0.2, 0) is 9.53 Å². The molecule has 0 heterocycles. The Hall–Kier alpha value is -0.570. The van der Waals surface area contributed by atoms with Crippen molar-refractivity contribution in [2.24, 2.45) is 0 Å². The SMILES string of the molecule is CCC(O)CCCCCCOC(C)=O. The van der Waals surface area contributed by atoms with Crippen molar-refractivity contribution in [3.63, 3.8) is 0 Å². The molecule has 1 unspecified atom stereocenters. The molecule has 1 atom stereocenters. The molecule has 0 aliphatic rings. The van der Waals surface area contributed by atoms with Gasteiger partial charge in [-0.05, 0) is 19.3 Å². The lowest BCUT2D eigenvalue weighted by atomic mass is 10.1. The summed E-state index contributed by atoms with van der Waals surface area (Å²) in [4.78, 5) is 10.4. The molecule has 0 saturated carbocycles. The molecule has 3 nitrogen and oxygen atoms in total. The molecular weight excluding hydrogens is 180 g/mol. The predicted octanol–water partition coefficient (Wildman–Crippen LogP) is 2.27. The number of hydrogen-bond donors (Lipinski definition) is 1. The number of esters is 1. The van der Waals surface area contributed by atoms with Crippen LogP contribution in [0.25, 0.3) is 0 Å². The van der Waals surface area contributed by atoms with Gasteiger partial charge in [0.05, 0.1) is 12.7 Å². The van der Waals surface area contributed by atoms with E-state index in [1.807, 2.05) is 6.92 Å². The number of carbonyl (C=O) groups excluding carboxylic acids is 1. The minimum Gasteiger partial charge on any atom is -0.466 e. The summed E-state index contributed by atoms with van der Waals surface area (Å²) < 4.78 is 4.80. The first-order chi connectivity index (χ1) is 6.66. The van der Waals surface area contributed by atoms with Crippen molar-refractivity contribution in [1.82, 2.24) is 0 Å². The van der Waals surface area contributed by atoms with Gasteiger partial charge in [0.25, 0.3) is 0 Å². The smallest absolute Gasteiger partial charge is 0.302 e. The Morgan fingerprint density at radius 2 is 1.93 bits per heavy atom. The molecule has 84 valence electrons. The second kappa shape index (κ2) is 9.00. The van der Waals surface area contributed by atoms with Crippen LogP contribution in [0.15, 0.2) is 0 Å². The van der Waals surface area contributed by atoms with E-state index in [2.05, 4.69) is 0 Å². The fourth-order valence-corrected chi connectivity index (χ4v) is 1.26. The summed E-state index contributed by atoms with van der Waals surface area (Å²) in [6.45, 7) is 3.95. The van der Waals surface area contributed by atoms with Crippen LogP contribution in [-0.4, -0.2) is 23.8 Å². The molecule has 0 fully saturated rings. The van der Waals surface area contributed by atoms with Crippen molar-refractivity contribution in [2.45, 2.75) is 58.5 Å². The van der Waals surface area contributed by atoms with Crippen LogP contribution in [0, 0.1) is 0 Å². The second-order valence-electron chi connectivity index (χ2n) is 3.61. The van der Waals surface area contributed by atoms with Gasteiger partial charge in [-0.25, -0.2) is 0 Å². The van der Waals surface area contributed by atoms with Crippen LogP contribution < -0.4 is 0 Å². The standard InChI is InChI=1S/C11H22O3/c1-3-11(13)8-6-4-5-7-9-14-10(2)12/h11,13H,3-9H2,1-2H3. The highest BCUT2D eigenvalue weighted by molar-refractivity contribution is 5.65. The minimum absolute atomic E-state index is 0.136. The van der Waals surface area contributed by atoms with E-state index >= 15 is 0 Å². The van der Waals surface area contributed by atoms with Gasteiger partial charge in [0.15, 0.2) is 0 Å². The van der Waals surface area contributed by atoms with Crippen molar-refractivity contribution in [1.29, 1.82) is 0 Å². The van der Waals surface area contributed by atoms with E-state index in [1.54, 1.807) is 0 Å². The van der Waals surface area contributed by atoms with Crippen LogP contribution in [0.3, 0.4) is 0 Å². The van der Waals surface area contributed by atoms with Gasteiger partial charge in [0.1, 0.15) is 0 Å². The average Bonchev–Trinajstić information content (AvgIpc) is 2.15. The van der Waals surface area contributed by atoms with Gasteiger partial charge in [-0.1, -0.05) is 26.2 Å². The number of carbonyl (C=O) groups is 1. The highest BCUT2D eigenvalue weighted by Gasteiger charge is 1.99. The average molecular weight is 202 g/mol. The van der Waals surface area contributed by atoms with E-state index in [-0.39, 0.29) is 12.1 Å². The molecule has 0 rings (SSSR count). The summed E-state index contributed by atoms with van der Waals surface area (Å²) in [5, 5.41) is 9.26. The molecular formula is C11H22O3. The third-order valence-electron chi connectivity index (χ3n) is 2.21. The Balaban J connectivity index is 3.02. The molecule has 0 radical (unpaired) electrons. The lowest BCUT2D eigenvalue weighted by Crippen LogP contribution is -2.03. The number of unbranched alkanes of at least 4 members (excludes halogenated alkanes) is 3. The first kappa shape index (κ1) is 13.4. The van der Waals surface area contributed by atoms with Crippen molar-refractivity contribution >= 4 is 5.97 Å². The molecule has 3 heteroatoms. The third kappa shape index (κ3) is 9.52. The van der Waals surface area contributed by atoms with Gasteiger partial charge in [0.2, 0.25) is 0 Å². The van der Waals surface area contributed by atoms with Gasteiger partial charge in [-0.3, -0.25) is 4.79 Å². The Morgan fingerprint density at radius 3 is 2.50 bits per heavy atom. The lowest BCUT2D eigenvalue weighted by Gasteiger charge is -2.06. The number of rotatable bonds is 8. The summed E-state index contributed by atoms with van der Waals surface area (Å²) in [5.74, 6) is -0.202. The lowest BCUT2D eigenvalue weighted by molar-refractivity contribution is -0.141. The highest BCUT2D eigenvalue weighted by atomic mass is 16.5. The maximum atomic E-state index is 10.4. The van der Waals surface area contributed by atoms with E-state index in [9.17, 15) is 9.90 Å². The van der Waals surface area contributed by atoms with E-state index in [0.29, 0.717) is 6.61 Å². The third-order valence-corrected chi connectivity index (χ3v) is 2.21. The second-order valence-corrected chi connectivity index (χ2v) is 3.61. The fraction of sp³-hybridized carbons (Fsp3) is 0.909. The Morgan fingerprint density at radius 1 is 1.29 bits per heavy atom. The zero-order valence-electron chi connectivity index (χ0n) is 9.29. The maximum absolute atomic E-state index is 10.4. The maximum Gasteiger partial charge on any atom is 0.302 e. The number of aliphatic hydroxyl groups excluding tert-OH is 1. The number of ether oxygens (including phenoxy) is 1. The zero-order valence-corrected chi connectivity index (χ0v) is 9.29. The van der Waals surface area contributed by atoms with Crippen molar-refractivity contribution in [3.8, 4) is 0 Å². The van der Waals surface area contributed by atoms with Gasteiger partial charge in [0, 0.05) is 6.92 Å².